The van der Waals surface area contributed by atoms with E-state index in [9.17, 15) is 0 Å². The van der Waals surface area contributed by atoms with Gasteiger partial charge in [-0.2, -0.15) is 5.10 Å². The molecule has 0 bridgehead atoms. The second kappa shape index (κ2) is 2.90. The molecule has 0 atom stereocenters. The molecule has 0 aliphatic heterocycles. The second-order valence-electron chi connectivity index (χ2n) is 3.74. The lowest BCUT2D eigenvalue weighted by atomic mass is 9.75. The van der Waals surface area contributed by atoms with Crippen LogP contribution in [0.4, 0.5) is 0 Å². The van der Waals surface area contributed by atoms with Crippen LogP contribution in [0.5, 0.6) is 0 Å². The molecule has 3 heteroatoms. The Morgan fingerprint density at radius 2 is 2.33 bits per heavy atom. The van der Waals surface area contributed by atoms with Gasteiger partial charge >= 0.3 is 0 Å². The number of aromatic nitrogens is 2. The molecular weight excluding hydrogens is 150 g/mol. The Balaban J connectivity index is 1.82. The minimum atomic E-state index is 0.131. The molecule has 2 N–H and O–H groups in total. The van der Waals surface area contributed by atoms with Crippen LogP contribution in [-0.2, 0) is 6.54 Å². The maximum absolute atomic E-state index is 6.08. The van der Waals surface area contributed by atoms with Gasteiger partial charge in [-0.15, -0.1) is 0 Å². The summed E-state index contributed by atoms with van der Waals surface area (Å²) < 4.78 is 1.95. The van der Waals surface area contributed by atoms with Crippen molar-refractivity contribution in [2.24, 2.45) is 5.73 Å². The summed E-state index contributed by atoms with van der Waals surface area (Å²) in [5.41, 5.74) is 6.21. The summed E-state index contributed by atoms with van der Waals surface area (Å²) in [6.45, 7) is 0.962. The van der Waals surface area contributed by atoms with Gasteiger partial charge in [0, 0.05) is 24.5 Å². The molecule has 12 heavy (non-hydrogen) atoms. The number of hydrogen-bond acceptors (Lipinski definition) is 2. The van der Waals surface area contributed by atoms with Gasteiger partial charge in [0.15, 0.2) is 0 Å². The highest BCUT2D eigenvalue weighted by molar-refractivity contribution is 4.92. The first-order chi connectivity index (χ1) is 5.79. The van der Waals surface area contributed by atoms with Crippen molar-refractivity contribution < 1.29 is 0 Å². The minimum Gasteiger partial charge on any atom is -0.325 e. The van der Waals surface area contributed by atoms with Crippen LogP contribution in [0.1, 0.15) is 25.7 Å². The van der Waals surface area contributed by atoms with Gasteiger partial charge in [-0.05, 0) is 31.7 Å². The first kappa shape index (κ1) is 7.80. The van der Waals surface area contributed by atoms with Crippen LogP contribution in [-0.4, -0.2) is 15.3 Å². The fourth-order valence-electron chi connectivity index (χ4n) is 1.65. The van der Waals surface area contributed by atoms with E-state index in [2.05, 4.69) is 5.10 Å². The van der Waals surface area contributed by atoms with Gasteiger partial charge in [-0.1, -0.05) is 0 Å². The van der Waals surface area contributed by atoms with E-state index < -0.39 is 0 Å². The van der Waals surface area contributed by atoms with Crippen LogP contribution < -0.4 is 5.73 Å². The van der Waals surface area contributed by atoms with Gasteiger partial charge < -0.3 is 5.73 Å². The smallest absolute Gasteiger partial charge is 0.0489 e. The van der Waals surface area contributed by atoms with Crippen LogP contribution in [0.3, 0.4) is 0 Å². The maximum Gasteiger partial charge on any atom is 0.0489 e. The summed E-state index contributed by atoms with van der Waals surface area (Å²) in [5.74, 6) is 0. The molecular formula is C9H15N3. The van der Waals surface area contributed by atoms with Gasteiger partial charge in [-0.25, -0.2) is 0 Å². The topological polar surface area (TPSA) is 43.8 Å². The lowest BCUT2D eigenvalue weighted by molar-refractivity contribution is 0.218. The summed E-state index contributed by atoms with van der Waals surface area (Å²) in [5, 5.41) is 4.14. The van der Waals surface area contributed by atoms with Gasteiger partial charge in [0.2, 0.25) is 0 Å². The monoisotopic (exact) mass is 165 g/mol. The zero-order valence-electron chi connectivity index (χ0n) is 7.24. The lowest BCUT2D eigenvalue weighted by Crippen LogP contribution is -2.47. The molecule has 1 fully saturated rings. The van der Waals surface area contributed by atoms with Crippen molar-refractivity contribution in [3.05, 3.63) is 18.5 Å². The van der Waals surface area contributed by atoms with E-state index in [4.69, 9.17) is 5.73 Å². The number of nitrogens with two attached hydrogens (primary N) is 1. The quantitative estimate of drug-likeness (QED) is 0.730. The zero-order chi connectivity index (χ0) is 8.44. The molecule has 1 saturated carbocycles. The van der Waals surface area contributed by atoms with Gasteiger partial charge in [0.25, 0.3) is 0 Å². The van der Waals surface area contributed by atoms with E-state index in [1.54, 1.807) is 0 Å². The van der Waals surface area contributed by atoms with E-state index in [0.717, 1.165) is 13.0 Å². The SMILES string of the molecule is NC1(CCn2cccn2)CCC1. The lowest BCUT2D eigenvalue weighted by Gasteiger charge is -2.38. The molecule has 66 valence electrons. The average molecular weight is 165 g/mol. The highest BCUT2D eigenvalue weighted by Crippen LogP contribution is 2.32. The zero-order valence-corrected chi connectivity index (χ0v) is 7.24. The molecule has 0 aromatic carbocycles. The highest BCUT2D eigenvalue weighted by atomic mass is 15.3. The van der Waals surface area contributed by atoms with Crippen molar-refractivity contribution in [1.82, 2.24) is 9.78 Å². The Hall–Kier alpha value is -0.830. The van der Waals surface area contributed by atoms with Crippen LogP contribution in [0.15, 0.2) is 18.5 Å². The Morgan fingerprint density at radius 1 is 1.50 bits per heavy atom. The van der Waals surface area contributed by atoms with Gasteiger partial charge in [0.05, 0.1) is 0 Å². The number of rotatable bonds is 3. The first-order valence-corrected chi connectivity index (χ1v) is 4.55. The summed E-state index contributed by atoms with van der Waals surface area (Å²) >= 11 is 0. The number of nitrogens with zero attached hydrogens (tertiary/aromatic N) is 2. The highest BCUT2D eigenvalue weighted by Gasteiger charge is 2.31. The predicted octanol–water partition coefficient (Wildman–Crippen LogP) is 1.15. The molecule has 0 unspecified atom stereocenters. The first-order valence-electron chi connectivity index (χ1n) is 4.55. The molecule has 0 radical (unpaired) electrons. The third-order valence-corrected chi connectivity index (χ3v) is 2.75. The molecule has 1 aromatic heterocycles. The minimum absolute atomic E-state index is 0.131. The van der Waals surface area contributed by atoms with Crippen molar-refractivity contribution >= 4 is 0 Å². The molecule has 2 rings (SSSR count). The molecule has 3 nitrogen and oxygen atoms in total. The normalized spacial score (nSPS) is 20.4. The largest absolute Gasteiger partial charge is 0.325 e. The molecule has 0 spiro atoms. The van der Waals surface area contributed by atoms with Crippen molar-refractivity contribution in [3.8, 4) is 0 Å². The van der Waals surface area contributed by atoms with Crippen LogP contribution in [0, 0.1) is 0 Å². The second-order valence-corrected chi connectivity index (χ2v) is 3.74. The van der Waals surface area contributed by atoms with Gasteiger partial charge in [-0.3, -0.25) is 4.68 Å². The van der Waals surface area contributed by atoms with E-state index in [0.29, 0.717) is 0 Å². The van der Waals surface area contributed by atoms with Crippen molar-refractivity contribution in [2.75, 3.05) is 0 Å². The third kappa shape index (κ3) is 1.50. The molecule has 0 amide bonds. The molecule has 0 saturated heterocycles. The Labute approximate surface area is 72.6 Å². The van der Waals surface area contributed by atoms with Crippen LogP contribution in [0.2, 0.25) is 0 Å². The van der Waals surface area contributed by atoms with Crippen LogP contribution in [0.25, 0.3) is 0 Å². The Morgan fingerprint density at radius 3 is 2.83 bits per heavy atom. The van der Waals surface area contributed by atoms with E-state index in [1.807, 2.05) is 23.1 Å². The van der Waals surface area contributed by atoms with Crippen molar-refractivity contribution in [1.29, 1.82) is 0 Å². The Kier molecular flexibility index (Phi) is 1.89. The van der Waals surface area contributed by atoms with E-state index >= 15 is 0 Å². The third-order valence-electron chi connectivity index (χ3n) is 2.75. The van der Waals surface area contributed by atoms with Crippen molar-refractivity contribution in [2.45, 2.75) is 37.8 Å². The standard InChI is InChI=1S/C9H15N3/c10-9(3-1-4-9)5-8-12-7-2-6-11-12/h2,6-7H,1,3-5,8,10H2. The van der Waals surface area contributed by atoms with Crippen molar-refractivity contribution in [3.63, 3.8) is 0 Å². The maximum atomic E-state index is 6.08. The summed E-state index contributed by atoms with van der Waals surface area (Å²) in [7, 11) is 0. The Bertz CT molecular complexity index is 236. The van der Waals surface area contributed by atoms with E-state index in [-0.39, 0.29) is 5.54 Å². The van der Waals surface area contributed by atoms with Crippen LogP contribution >= 0.6 is 0 Å². The molecule has 1 aromatic rings. The summed E-state index contributed by atoms with van der Waals surface area (Å²) in [6, 6.07) is 1.95. The number of aryl methyl sites for hydroxylation is 1. The summed E-state index contributed by atoms with van der Waals surface area (Å²) in [6.07, 6.45) is 8.54. The number of hydrogen-bond donors (Lipinski definition) is 1. The fourth-order valence-corrected chi connectivity index (χ4v) is 1.65. The summed E-state index contributed by atoms with van der Waals surface area (Å²) in [4.78, 5) is 0. The fraction of sp³-hybridized carbons (Fsp3) is 0.667. The predicted molar refractivity (Wildman–Crippen MR) is 47.6 cm³/mol. The molecule has 1 aliphatic rings. The van der Waals surface area contributed by atoms with E-state index in [1.165, 1.54) is 19.3 Å². The molecule has 1 heterocycles. The molecule has 1 aliphatic carbocycles. The average Bonchev–Trinajstić information content (AvgIpc) is 2.49. The van der Waals surface area contributed by atoms with Gasteiger partial charge in [0.1, 0.15) is 0 Å².